The zero-order chi connectivity index (χ0) is 10.6. The molecule has 1 aromatic rings. The van der Waals surface area contributed by atoms with E-state index in [-0.39, 0.29) is 0 Å². The van der Waals surface area contributed by atoms with E-state index >= 15 is 0 Å². The molecule has 14 heavy (non-hydrogen) atoms. The van der Waals surface area contributed by atoms with Gasteiger partial charge in [0.1, 0.15) is 0 Å². The molecule has 0 aliphatic heterocycles. The molecule has 0 bridgehead atoms. The molecule has 0 atom stereocenters. The first-order valence-electron chi connectivity index (χ1n) is 5.03. The smallest absolute Gasteiger partial charge is 0.0190 e. The van der Waals surface area contributed by atoms with Crippen molar-refractivity contribution < 1.29 is 0 Å². The Labute approximate surface area is 87.0 Å². The number of rotatable bonds is 3. The maximum absolute atomic E-state index is 4.04. The minimum atomic E-state index is 0.581. The number of allylic oxidation sites excluding steroid dienone is 3. The molecule has 1 aromatic carbocycles. The van der Waals surface area contributed by atoms with Crippen LogP contribution < -0.4 is 0 Å². The van der Waals surface area contributed by atoms with E-state index in [4.69, 9.17) is 0 Å². The number of benzene rings is 1. The van der Waals surface area contributed by atoms with Crippen molar-refractivity contribution >= 4 is 5.57 Å². The van der Waals surface area contributed by atoms with Crippen molar-refractivity contribution in [3.63, 3.8) is 0 Å². The lowest BCUT2D eigenvalue weighted by atomic mass is 10.0. The Morgan fingerprint density at radius 1 is 1.21 bits per heavy atom. The van der Waals surface area contributed by atoms with E-state index in [9.17, 15) is 0 Å². The molecule has 1 rings (SSSR count). The molecule has 0 saturated carbocycles. The van der Waals surface area contributed by atoms with Gasteiger partial charge in [0.25, 0.3) is 0 Å². The van der Waals surface area contributed by atoms with Gasteiger partial charge in [-0.25, -0.2) is 0 Å². The molecule has 0 aliphatic rings. The molecular weight excluding hydrogens is 168 g/mol. The molecule has 0 unspecified atom stereocenters. The molecule has 0 heteroatoms. The van der Waals surface area contributed by atoms with Crippen LogP contribution in [0.4, 0.5) is 0 Å². The molecule has 74 valence electrons. The van der Waals surface area contributed by atoms with E-state index in [1.54, 1.807) is 0 Å². The monoisotopic (exact) mass is 186 g/mol. The molecule has 0 fully saturated rings. The molecule has 0 aliphatic carbocycles. The Morgan fingerprint density at radius 3 is 2.29 bits per heavy atom. The highest BCUT2D eigenvalue weighted by atomic mass is 14.0. The third-order valence-corrected chi connectivity index (χ3v) is 2.10. The lowest BCUT2D eigenvalue weighted by Gasteiger charge is -2.01. The van der Waals surface area contributed by atoms with Crippen LogP contribution in [0, 0.1) is 12.8 Å². The Balaban J connectivity index is 2.75. The van der Waals surface area contributed by atoms with Gasteiger partial charge in [-0.05, 0) is 24.0 Å². The van der Waals surface area contributed by atoms with Gasteiger partial charge in [-0.3, -0.25) is 0 Å². The molecule has 0 radical (unpaired) electrons. The van der Waals surface area contributed by atoms with Crippen molar-refractivity contribution in [3.05, 3.63) is 54.1 Å². The molecular formula is C14H18. The maximum atomic E-state index is 4.04. The number of hydrogen-bond acceptors (Lipinski definition) is 0. The van der Waals surface area contributed by atoms with E-state index < -0.39 is 0 Å². The van der Waals surface area contributed by atoms with Gasteiger partial charge in [0.2, 0.25) is 0 Å². The summed E-state index contributed by atoms with van der Waals surface area (Å²) in [5.74, 6) is 0.581. The van der Waals surface area contributed by atoms with Crippen molar-refractivity contribution in [2.45, 2.75) is 20.8 Å². The topological polar surface area (TPSA) is 0 Å². The van der Waals surface area contributed by atoms with Crippen molar-refractivity contribution in [1.82, 2.24) is 0 Å². The fourth-order valence-corrected chi connectivity index (χ4v) is 1.17. The normalized spacial score (nSPS) is 11.1. The average Bonchev–Trinajstić information content (AvgIpc) is 2.15. The summed E-state index contributed by atoms with van der Waals surface area (Å²) in [5, 5.41) is 0. The summed E-state index contributed by atoms with van der Waals surface area (Å²) in [5.41, 5.74) is 3.57. The Kier molecular flexibility index (Phi) is 3.70. The van der Waals surface area contributed by atoms with Crippen LogP contribution in [0.2, 0.25) is 0 Å². The quantitative estimate of drug-likeness (QED) is 0.620. The van der Waals surface area contributed by atoms with Crippen LogP contribution in [0.25, 0.3) is 5.57 Å². The lowest BCUT2D eigenvalue weighted by molar-refractivity contribution is 0.832. The molecule has 0 N–H and O–H groups in total. The summed E-state index contributed by atoms with van der Waals surface area (Å²) < 4.78 is 0. The first-order valence-corrected chi connectivity index (χ1v) is 5.03. The van der Waals surface area contributed by atoms with Crippen LogP contribution in [0.15, 0.2) is 43.0 Å². The van der Waals surface area contributed by atoms with E-state index in [0.717, 1.165) is 5.57 Å². The van der Waals surface area contributed by atoms with Crippen LogP contribution in [0.3, 0.4) is 0 Å². The second-order valence-corrected chi connectivity index (χ2v) is 3.99. The van der Waals surface area contributed by atoms with E-state index in [1.807, 2.05) is 0 Å². The van der Waals surface area contributed by atoms with Gasteiger partial charge in [0, 0.05) is 0 Å². The zero-order valence-corrected chi connectivity index (χ0v) is 9.25. The van der Waals surface area contributed by atoms with Gasteiger partial charge in [-0.15, -0.1) is 0 Å². The Hall–Kier alpha value is -1.30. The number of aryl methyl sites for hydroxylation is 1. The van der Waals surface area contributed by atoms with Gasteiger partial charge in [0.05, 0.1) is 0 Å². The summed E-state index contributed by atoms with van der Waals surface area (Å²) in [4.78, 5) is 0. The fraction of sp³-hybridized carbons (Fsp3) is 0.286. The molecule has 0 nitrogen and oxygen atoms in total. The van der Waals surface area contributed by atoms with Gasteiger partial charge in [0.15, 0.2) is 0 Å². The standard InChI is InChI=1S/C14H18/c1-11(2)5-8-13(4)14-9-6-12(3)7-10-14/h5-11H,4H2,1-3H3/b8-5-. The predicted molar refractivity (Wildman–Crippen MR) is 64.2 cm³/mol. The summed E-state index contributed by atoms with van der Waals surface area (Å²) in [6.45, 7) is 10.5. The summed E-state index contributed by atoms with van der Waals surface area (Å²) in [7, 11) is 0. The molecule has 0 saturated heterocycles. The first-order chi connectivity index (χ1) is 6.59. The summed E-state index contributed by atoms with van der Waals surface area (Å²) >= 11 is 0. The number of hydrogen-bond donors (Lipinski definition) is 0. The molecule has 0 aromatic heterocycles. The fourth-order valence-electron chi connectivity index (χ4n) is 1.17. The van der Waals surface area contributed by atoms with E-state index in [2.05, 4.69) is 63.8 Å². The van der Waals surface area contributed by atoms with Crippen molar-refractivity contribution in [2.24, 2.45) is 5.92 Å². The summed E-state index contributed by atoms with van der Waals surface area (Å²) in [6, 6.07) is 8.46. The van der Waals surface area contributed by atoms with Gasteiger partial charge < -0.3 is 0 Å². The SMILES string of the molecule is C=C(/C=C\C(C)C)c1ccc(C)cc1. The highest BCUT2D eigenvalue weighted by molar-refractivity contribution is 5.71. The largest absolute Gasteiger partial charge is 0.0912 e. The lowest BCUT2D eigenvalue weighted by Crippen LogP contribution is -1.82. The maximum Gasteiger partial charge on any atom is -0.0190 e. The first kappa shape index (κ1) is 10.8. The zero-order valence-electron chi connectivity index (χ0n) is 9.25. The highest BCUT2D eigenvalue weighted by Crippen LogP contribution is 2.15. The van der Waals surface area contributed by atoms with Crippen LogP contribution in [-0.4, -0.2) is 0 Å². The van der Waals surface area contributed by atoms with Crippen LogP contribution in [0.1, 0.15) is 25.0 Å². The van der Waals surface area contributed by atoms with Gasteiger partial charge in [-0.2, -0.15) is 0 Å². The highest BCUT2D eigenvalue weighted by Gasteiger charge is 1.94. The van der Waals surface area contributed by atoms with Crippen LogP contribution in [0.5, 0.6) is 0 Å². The van der Waals surface area contributed by atoms with Gasteiger partial charge >= 0.3 is 0 Å². The Morgan fingerprint density at radius 2 is 1.79 bits per heavy atom. The minimum Gasteiger partial charge on any atom is -0.0912 e. The van der Waals surface area contributed by atoms with Crippen LogP contribution >= 0.6 is 0 Å². The average molecular weight is 186 g/mol. The molecule has 0 spiro atoms. The Bertz CT molecular complexity index is 326. The van der Waals surface area contributed by atoms with Crippen molar-refractivity contribution in [2.75, 3.05) is 0 Å². The van der Waals surface area contributed by atoms with E-state index in [1.165, 1.54) is 11.1 Å². The second kappa shape index (κ2) is 4.80. The molecule has 0 heterocycles. The third kappa shape index (κ3) is 3.21. The van der Waals surface area contributed by atoms with Crippen molar-refractivity contribution in [3.8, 4) is 0 Å². The third-order valence-electron chi connectivity index (χ3n) is 2.10. The van der Waals surface area contributed by atoms with Crippen molar-refractivity contribution in [1.29, 1.82) is 0 Å². The second-order valence-electron chi connectivity index (χ2n) is 3.99. The van der Waals surface area contributed by atoms with Crippen LogP contribution in [-0.2, 0) is 0 Å². The van der Waals surface area contributed by atoms with Gasteiger partial charge in [-0.1, -0.05) is 62.4 Å². The van der Waals surface area contributed by atoms with E-state index in [0.29, 0.717) is 5.92 Å². The minimum absolute atomic E-state index is 0.581. The molecule has 0 amide bonds. The summed E-state index contributed by atoms with van der Waals surface area (Å²) in [6.07, 6.45) is 4.26. The predicted octanol–water partition coefficient (Wildman–Crippen LogP) is 4.22.